The van der Waals surface area contributed by atoms with Crippen LogP contribution in [0.4, 0.5) is 0 Å². The Morgan fingerprint density at radius 1 is 1.38 bits per heavy atom. The van der Waals surface area contributed by atoms with Crippen molar-refractivity contribution in [3.63, 3.8) is 0 Å². The monoisotopic (exact) mass is 224 g/mol. The molecule has 1 unspecified atom stereocenters. The van der Waals surface area contributed by atoms with E-state index in [-0.39, 0.29) is 0 Å². The molecule has 16 heavy (non-hydrogen) atoms. The molecular weight excluding hydrogens is 200 g/mol. The van der Waals surface area contributed by atoms with Crippen LogP contribution >= 0.6 is 0 Å². The second-order valence-electron chi connectivity index (χ2n) is 4.50. The quantitative estimate of drug-likeness (QED) is 0.746. The minimum Gasteiger partial charge on any atom is -0.404 e. The van der Waals surface area contributed by atoms with Gasteiger partial charge >= 0.3 is 0 Å². The summed E-state index contributed by atoms with van der Waals surface area (Å²) in [5.41, 5.74) is 6.39. The Morgan fingerprint density at radius 3 is 3.06 bits per heavy atom. The molecule has 1 aliphatic rings. The zero-order valence-electron chi connectivity index (χ0n) is 10.3. The average Bonchev–Trinajstić information content (AvgIpc) is 2.26. The van der Waals surface area contributed by atoms with Crippen LogP contribution in [0.3, 0.4) is 0 Å². The highest BCUT2D eigenvalue weighted by atomic mass is 16.5. The molecule has 2 N–H and O–H groups in total. The number of hydrogen-bond acceptors (Lipinski definition) is 3. The van der Waals surface area contributed by atoms with Crippen LogP contribution in [-0.2, 0) is 4.74 Å². The standard InChI is InChI=1S/C13H24N2O/c1-12(10-14)11-15-7-5-13-4-2-3-8-16-9-6-13/h10-11,13H,2-9,14H2,1H3. The molecular formula is C13H24N2O. The van der Waals surface area contributed by atoms with Gasteiger partial charge in [0.2, 0.25) is 0 Å². The first kappa shape index (κ1) is 13.2. The Morgan fingerprint density at radius 2 is 2.25 bits per heavy atom. The lowest BCUT2D eigenvalue weighted by Crippen LogP contribution is -2.11. The molecule has 3 nitrogen and oxygen atoms in total. The molecule has 0 aromatic carbocycles. The van der Waals surface area contributed by atoms with E-state index in [1.165, 1.54) is 32.1 Å². The molecule has 0 aromatic heterocycles. The normalized spacial score (nSPS) is 24.3. The molecule has 0 aliphatic carbocycles. The lowest BCUT2D eigenvalue weighted by Gasteiger charge is -2.18. The van der Waals surface area contributed by atoms with Gasteiger partial charge in [0.15, 0.2) is 0 Å². The van der Waals surface area contributed by atoms with Gasteiger partial charge in [-0.15, -0.1) is 0 Å². The van der Waals surface area contributed by atoms with Crippen molar-refractivity contribution in [1.82, 2.24) is 0 Å². The van der Waals surface area contributed by atoms with Crippen LogP contribution in [0.2, 0.25) is 0 Å². The molecule has 3 heteroatoms. The number of aliphatic imine (C=N–C) groups is 1. The highest BCUT2D eigenvalue weighted by molar-refractivity contribution is 5.77. The van der Waals surface area contributed by atoms with Gasteiger partial charge in [-0.2, -0.15) is 0 Å². The van der Waals surface area contributed by atoms with E-state index in [0.29, 0.717) is 0 Å². The number of nitrogens with two attached hydrogens (primary N) is 1. The molecule has 0 radical (unpaired) electrons. The van der Waals surface area contributed by atoms with E-state index in [9.17, 15) is 0 Å². The van der Waals surface area contributed by atoms with Gasteiger partial charge in [-0.3, -0.25) is 4.99 Å². The Hall–Kier alpha value is -0.830. The van der Waals surface area contributed by atoms with Crippen LogP contribution in [0.1, 0.15) is 39.0 Å². The molecule has 0 aromatic rings. The Balaban J connectivity index is 2.17. The maximum atomic E-state index is 5.50. The molecule has 1 atom stereocenters. The van der Waals surface area contributed by atoms with Crippen LogP contribution in [0.15, 0.2) is 16.8 Å². The minimum absolute atomic E-state index is 0.791. The maximum Gasteiger partial charge on any atom is 0.0468 e. The zero-order valence-corrected chi connectivity index (χ0v) is 10.3. The molecule has 1 fully saturated rings. The van der Waals surface area contributed by atoms with Crippen molar-refractivity contribution in [1.29, 1.82) is 0 Å². The van der Waals surface area contributed by atoms with Gasteiger partial charge in [0.25, 0.3) is 0 Å². The lowest BCUT2D eigenvalue weighted by molar-refractivity contribution is 0.0989. The fourth-order valence-electron chi connectivity index (χ4n) is 1.93. The van der Waals surface area contributed by atoms with Gasteiger partial charge < -0.3 is 10.5 Å². The van der Waals surface area contributed by atoms with Gasteiger partial charge in [0, 0.05) is 26.0 Å². The van der Waals surface area contributed by atoms with Crippen LogP contribution in [0.25, 0.3) is 0 Å². The number of nitrogens with zero attached hydrogens (tertiary/aromatic N) is 1. The lowest BCUT2D eigenvalue weighted by atomic mass is 9.94. The number of hydrogen-bond donors (Lipinski definition) is 1. The van der Waals surface area contributed by atoms with E-state index in [1.54, 1.807) is 6.20 Å². The number of allylic oxidation sites excluding steroid dienone is 1. The molecule has 0 amide bonds. The molecule has 0 spiro atoms. The Bertz CT molecular complexity index is 228. The zero-order chi connectivity index (χ0) is 11.6. The fourth-order valence-corrected chi connectivity index (χ4v) is 1.93. The summed E-state index contributed by atoms with van der Waals surface area (Å²) < 4.78 is 5.50. The molecule has 0 saturated carbocycles. The minimum atomic E-state index is 0.791. The van der Waals surface area contributed by atoms with Crippen molar-refractivity contribution in [2.75, 3.05) is 19.8 Å². The van der Waals surface area contributed by atoms with Crippen LogP contribution in [-0.4, -0.2) is 26.0 Å². The van der Waals surface area contributed by atoms with Crippen LogP contribution in [0, 0.1) is 5.92 Å². The third kappa shape index (κ3) is 5.91. The third-order valence-electron chi connectivity index (χ3n) is 3.05. The molecule has 0 bridgehead atoms. The van der Waals surface area contributed by atoms with Gasteiger partial charge in [-0.1, -0.05) is 12.8 Å². The van der Waals surface area contributed by atoms with E-state index >= 15 is 0 Å². The second-order valence-corrected chi connectivity index (χ2v) is 4.50. The maximum absolute atomic E-state index is 5.50. The van der Waals surface area contributed by atoms with E-state index in [4.69, 9.17) is 10.5 Å². The van der Waals surface area contributed by atoms with Crippen molar-refractivity contribution in [3.8, 4) is 0 Å². The summed E-state index contributed by atoms with van der Waals surface area (Å²) >= 11 is 0. The molecule has 1 aliphatic heterocycles. The second kappa shape index (κ2) is 8.34. The van der Waals surface area contributed by atoms with Crippen molar-refractivity contribution in [2.45, 2.75) is 39.0 Å². The van der Waals surface area contributed by atoms with E-state index < -0.39 is 0 Å². The van der Waals surface area contributed by atoms with Gasteiger partial charge in [0.05, 0.1) is 0 Å². The smallest absolute Gasteiger partial charge is 0.0468 e. The summed E-state index contributed by atoms with van der Waals surface area (Å²) in [6.45, 7) is 4.75. The van der Waals surface area contributed by atoms with Gasteiger partial charge in [-0.05, 0) is 43.9 Å². The number of ether oxygens (including phenoxy) is 1. The van der Waals surface area contributed by atoms with Gasteiger partial charge in [-0.25, -0.2) is 0 Å². The highest BCUT2D eigenvalue weighted by Crippen LogP contribution is 2.19. The van der Waals surface area contributed by atoms with E-state index in [2.05, 4.69) is 4.99 Å². The van der Waals surface area contributed by atoms with Crippen molar-refractivity contribution in [2.24, 2.45) is 16.6 Å². The third-order valence-corrected chi connectivity index (χ3v) is 3.05. The summed E-state index contributed by atoms with van der Waals surface area (Å²) in [7, 11) is 0. The molecule has 1 rings (SSSR count). The first-order valence-electron chi connectivity index (χ1n) is 6.29. The van der Waals surface area contributed by atoms with E-state index in [0.717, 1.165) is 31.2 Å². The van der Waals surface area contributed by atoms with Crippen LogP contribution in [0.5, 0.6) is 0 Å². The summed E-state index contributed by atoms with van der Waals surface area (Å²) in [5.74, 6) is 0.791. The fraction of sp³-hybridized carbons (Fsp3) is 0.769. The highest BCUT2D eigenvalue weighted by Gasteiger charge is 2.10. The summed E-state index contributed by atoms with van der Waals surface area (Å²) in [4.78, 5) is 4.38. The number of rotatable bonds is 4. The van der Waals surface area contributed by atoms with E-state index in [1.807, 2.05) is 13.1 Å². The van der Waals surface area contributed by atoms with Gasteiger partial charge in [0.1, 0.15) is 0 Å². The SMILES string of the molecule is CC(C=NCCC1CCCCOCC1)=CN. The average molecular weight is 224 g/mol. The van der Waals surface area contributed by atoms with Crippen LogP contribution < -0.4 is 5.73 Å². The molecule has 1 saturated heterocycles. The first-order valence-corrected chi connectivity index (χ1v) is 6.29. The Kier molecular flexibility index (Phi) is 6.90. The predicted molar refractivity (Wildman–Crippen MR) is 68.7 cm³/mol. The topological polar surface area (TPSA) is 47.6 Å². The van der Waals surface area contributed by atoms with Crippen molar-refractivity contribution in [3.05, 3.63) is 11.8 Å². The predicted octanol–water partition coefficient (Wildman–Crippen LogP) is 2.52. The Labute approximate surface area is 98.8 Å². The molecule has 92 valence electrons. The van der Waals surface area contributed by atoms with Crippen molar-refractivity contribution >= 4 is 6.21 Å². The summed E-state index contributed by atoms with van der Waals surface area (Å²) in [6.07, 6.45) is 9.68. The summed E-state index contributed by atoms with van der Waals surface area (Å²) in [5, 5.41) is 0. The molecule has 1 heterocycles. The van der Waals surface area contributed by atoms with Crippen molar-refractivity contribution < 1.29 is 4.74 Å². The largest absolute Gasteiger partial charge is 0.404 e. The summed E-state index contributed by atoms with van der Waals surface area (Å²) in [6, 6.07) is 0. The first-order chi connectivity index (χ1) is 7.83.